The summed E-state index contributed by atoms with van der Waals surface area (Å²) in [5.74, 6) is -4.33. The third-order valence-electron chi connectivity index (χ3n) is 7.95. The molecular weight excluding hydrogens is 628 g/mol. The van der Waals surface area contributed by atoms with Crippen LogP contribution in [0.25, 0.3) is 0 Å². The van der Waals surface area contributed by atoms with E-state index in [9.17, 15) is 37.5 Å². The molecule has 3 heterocycles. The molecule has 4 rings (SSSR count). The Balaban J connectivity index is 1.58. The van der Waals surface area contributed by atoms with E-state index in [-0.39, 0.29) is 18.5 Å². The average molecular weight is 669 g/mol. The van der Waals surface area contributed by atoms with E-state index < -0.39 is 78.9 Å². The summed E-state index contributed by atoms with van der Waals surface area (Å²) in [6.07, 6.45) is 7.07. The van der Waals surface area contributed by atoms with Gasteiger partial charge in [0.05, 0.1) is 7.11 Å². The number of carbonyl (C=O) groups is 5. The maximum atomic E-state index is 13.7. The standard InChI is InChI=1S/C29H40N4O10S2/c1-28(2,3)43-27(39)30-19-12-9-7-5-6-8-11-17-15-29(17,31-22(34)20-13-10-14-33(20)23(19)35)26(38)32-45(40,41)25-21(42-4)18(16-44-25)24(36)37/h8,11,16-17,19-20H,5-7,9-10,12-15H2,1-4H3,(H,30,39)(H,31,34)(H,32,38)(H,36,37)/b11-8-/t17-,19+,20+,29-/m1/s1. The lowest BCUT2D eigenvalue weighted by atomic mass is 10.0. The van der Waals surface area contributed by atoms with Gasteiger partial charge in [0.15, 0.2) is 9.96 Å². The zero-order chi connectivity index (χ0) is 33.2. The number of methoxy groups -OCH3 is 1. The van der Waals surface area contributed by atoms with Crippen LogP contribution in [0.3, 0.4) is 0 Å². The van der Waals surface area contributed by atoms with Gasteiger partial charge in [0.1, 0.15) is 28.8 Å². The van der Waals surface area contributed by atoms with Crippen LogP contribution in [-0.4, -0.2) is 85.1 Å². The first-order valence-electron chi connectivity index (χ1n) is 14.8. The third kappa shape index (κ3) is 7.77. The second kappa shape index (κ2) is 13.4. The molecule has 16 heteroatoms. The molecule has 1 aromatic rings. The Hall–Kier alpha value is -3.66. The minimum Gasteiger partial charge on any atom is -0.493 e. The number of ether oxygens (including phenoxy) is 2. The van der Waals surface area contributed by atoms with Gasteiger partial charge in [0, 0.05) is 17.8 Å². The predicted molar refractivity (Wildman–Crippen MR) is 162 cm³/mol. The highest BCUT2D eigenvalue weighted by Gasteiger charge is 2.61. The molecule has 14 nitrogen and oxygen atoms in total. The molecule has 2 aliphatic heterocycles. The fraction of sp³-hybridized carbons (Fsp3) is 0.621. The fourth-order valence-electron chi connectivity index (χ4n) is 5.66. The number of rotatable bonds is 6. The molecule has 0 unspecified atom stereocenters. The number of nitrogens with zero attached hydrogens (tertiary/aromatic N) is 1. The molecular formula is C29H40N4O10S2. The van der Waals surface area contributed by atoms with Crippen LogP contribution in [0.5, 0.6) is 5.75 Å². The molecule has 4 N–H and O–H groups in total. The van der Waals surface area contributed by atoms with Gasteiger partial charge in [0.25, 0.3) is 15.9 Å². The van der Waals surface area contributed by atoms with E-state index in [0.717, 1.165) is 25.3 Å². The number of aromatic carboxylic acids is 1. The number of amides is 4. The number of thiophene rings is 1. The Labute approximate surface area is 265 Å². The molecule has 1 saturated carbocycles. The number of carboxylic acids is 1. The topological polar surface area (TPSA) is 198 Å². The van der Waals surface area contributed by atoms with Crippen molar-refractivity contribution in [3.63, 3.8) is 0 Å². The van der Waals surface area contributed by atoms with E-state index in [1.807, 2.05) is 10.8 Å². The number of sulfonamides is 1. The summed E-state index contributed by atoms with van der Waals surface area (Å²) in [5.41, 5.74) is -2.74. The molecule has 2 fully saturated rings. The molecule has 248 valence electrons. The van der Waals surface area contributed by atoms with Crippen LogP contribution in [0, 0.1) is 5.92 Å². The van der Waals surface area contributed by atoms with Crippen LogP contribution in [0.4, 0.5) is 4.79 Å². The Morgan fingerprint density at radius 3 is 2.53 bits per heavy atom. The van der Waals surface area contributed by atoms with E-state index in [4.69, 9.17) is 9.47 Å². The zero-order valence-corrected chi connectivity index (χ0v) is 27.3. The molecule has 1 saturated heterocycles. The molecule has 0 aromatic carbocycles. The van der Waals surface area contributed by atoms with Crippen LogP contribution in [0.2, 0.25) is 0 Å². The Kier molecular flexibility index (Phi) is 10.2. The SMILES string of the molecule is COc1c(C(=O)O)csc1S(=O)(=O)NC(=O)[C@@]12C[C@H]1/C=C\CCCCC[C@H](NC(=O)OC(C)(C)C)C(=O)N1CCC[C@H]1C(=O)N2. The van der Waals surface area contributed by atoms with E-state index in [2.05, 4.69) is 10.6 Å². The van der Waals surface area contributed by atoms with Crippen molar-refractivity contribution in [1.82, 2.24) is 20.3 Å². The molecule has 1 aliphatic carbocycles. The lowest BCUT2D eigenvalue weighted by Crippen LogP contribution is -2.58. The number of allylic oxidation sites excluding steroid dienone is 1. The van der Waals surface area contributed by atoms with Gasteiger partial charge in [-0.1, -0.05) is 25.0 Å². The van der Waals surface area contributed by atoms with E-state index in [1.165, 1.54) is 4.90 Å². The number of alkyl carbamates (subject to hydrolysis) is 1. The first-order valence-corrected chi connectivity index (χ1v) is 17.2. The second-order valence-corrected chi connectivity index (χ2v) is 15.2. The summed E-state index contributed by atoms with van der Waals surface area (Å²) in [7, 11) is -3.46. The fourth-order valence-corrected chi connectivity index (χ4v) is 8.12. The number of hydrogen-bond acceptors (Lipinski definition) is 10. The van der Waals surface area contributed by atoms with Crippen LogP contribution in [-0.2, 0) is 29.1 Å². The lowest BCUT2D eigenvalue weighted by Gasteiger charge is -2.30. The maximum absolute atomic E-state index is 13.7. The molecule has 0 bridgehead atoms. The Morgan fingerprint density at radius 1 is 1.13 bits per heavy atom. The summed E-state index contributed by atoms with van der Waals surface area (Å²) < 4.78 is 38.4. The normalized spacial score (nSPS) is 26.7. The summed E-state index contributed by atoms with van der Waals surface area (Å²) >= 11 is 0.590. The monoisotopic (exact) mass is 668 g/mol. The van der Waals surface area contributed by atoms with E-state index in [0.29, 0.717) is 43.4 Å². The van der Waals surface area contributed by atoms with Gasteiger partial charge in [0.2, 0.25) is 11.8 Å². The van der Waals surface area contributed by atoms with Crippen LogP contribution in [0.1, 0.15) is 82.5 Å². The third-order valence-corrected chi connectivity index (χ3v) is 10.8. The molecule has 0 radical (unpaired) electrons. The number of carboxylic acid groups (broad SMARTS) is 1. The van der Waals surface area contributed by atoms with E-state index in [1.54, 1.807) is 26.8 Å². The van der Waals surface area contributed by atoms with Gasteiger partial charge < -0.3 is 30.1 Å². The maximum Gasteiger partial charge on any atom is 0.408 e. The summed E-state index contributed by atoms with van der Waals surface area (Å²) in [6.45, 7) is 5.41. The van der Waals surface area contributed by atoms with Crippen LogP contribution >= 0.6 is 11.3 Å². The first kappa shape index (κ1) is 34.2. The molecule has 1 aromatic heterocycles. The first-order chi connectivity index (χ1) is 21.1. The summed E-state index contributed by atoms with van der Waals surface area (Å²) in [4.78, 5) is 66.6. The largest absolute Gasteiger partial charge is 0.493 e. The predicted octanol–water partition coefficient (Wildman–Crippen LogP) is 2.54. The van der Waals surface area contributed by atoms with Gasteiger partial charge >= 0.3 is 12.1 Å². The highest BCUT2D eigenvalue weighted by Crippen LogP contribution is 2.46. The Bertz CT molecular complexity index is 1480. The van der Waals surface area contributed by atoms with E-state index >= 15 is 0 Å². The summed E-state index contributed by atoms with van der Waals surface area (Å²) in [6, 6.07) is -1.85. The molecule has 4 amide bonds. The van der Waals surface area contributed by atoms with Crippen molar-refractivity contribution < 1.29 is 47.0 Å². The molecule has 0 spiro atoms. The Morgan fingerprint density at radius 2 is 1.87 bits per heavy atom. The minimum atomic E-state index is -4.58. The highest BCUT2D eigenvalue weighted by atomic mass is 32.2. The minimum absolute atomic E-state index is 0.127. The van der Waals surface area contributed by atoms with Crippen molar-refractivity contribution in [1.29, 1.82) is 0 Å². The van der Waals surface area contributed by atoms with Crippen LogP contribution in [0.15, 0.2) is 21.7 Å². The smallest absolute Gasteiger partial charge is 0.408 e. The van der Waals surface area contributed by atoms with Gasteiger partial charge in [-0.2, -0.15) is 0 Å². The second-order valence-electron chi connectivity index (χ2n) is 12.4. The number of hydrogen-bond donors (Lipinski definition) is 4. The van der Waals surface area contributed by atoms with Crippen molar-refractivity contribution in [3.8, 4) is 5.75 Å². The van der Waals surface area contributed by atoms with Crippen molar-refractivity contribution in [2.75, 3.05) is 13.7 Å². The zero-order valence-electron chi connectivity index (χ0n) is 25.7. The number of nitrogens with one attached hydrogen (secondary N) is 3. The average Bonchev–Trinajstić information content (AvgIpc) is 3.28. The number of fused-ring (bicyclic) bond motifs is 2. The highest BCUT2D eigenvalue weighted by molar-refractivity contribution is 7.92. The van der Waals surface area contributed by atoms with Crippen molar-refractivity contribution in [2.24, 2.45) is 5.92 Å². The van der Waals surface area contributed by atoms with Crippen molar-refractivity contribution >= 4 is 51.1 Å². The van der Waals surface area contributed by atoms with Gasteiger partial charge in [-0.15, -0.1) is 11.3 Å². The van der Waals surface area contributed by atoms with Gasteiger partial charge in [-0.05, 0) is 59.3 Å². The van der Waals surface area contributed by atoms with Crippen molar-refractivity contribution in [2.45, 2.75) is 99.6 Å². The van der Waals surface area contributed by atoms with Gasteiger partial charge in [-0.25, -0.2) is 22.7 Å². The lowest BCUT2D eigenvalue weighted by molar-refractivity contribution is -0.141. The quantitative estimate of drug-likeness (QED) is 0.327. The van der Waals surface area contributed by atoms with Gasteiger partial charge in [-0.3, -0.25) is 14.4 Å². The number of carbonyl (C=O) groups excluding carboxylic acids is 4. The molecule has 3 aliphatic rings. The molecule has 4 atom stereocenters. The van der Waals surface area contributed by atoms with Crippen LogP contribution < -0.4 is 20.1 Å². The van der Waals surface area contributed by atoms with Crippen molar-refractivity contribution in [3.05, 3.63) is 23.1 Å². The summed E-state index contributed by atoms with van der Waals surface area (Å²) in [5, 5.41) is 15.9. The molecule has 45 heavy (non-hydrogen) atoms.